The van der Waals surface area contributed by atoms with Gasteiger partial charge < -0.3 is 0 Å². The molecule has 1 rings (SSSR count). The number of rotatable bonds is 3. The third-order valence-corrected chi connectivity index (χ3v) is 2.86. The largest absolute Gasteiger partial charge is 0.197 e. The molecule has 0 aromatic heterocycles. The molecule has 0 saturated carbocycles. The van der Waals surface area contributed by atoms with E-state index in [1.54, 1.807) is 6.08 Å². The fraction of sp³-hybridized carbons (Fsp3) is 0.308. The number of hydrogen-bond acceptors (Lipinski definition) is 1. The van der Waals surface area contributed by atoms with Gasteiger partial charge in [-0.15, -0.1) is 6.58 Å². The SMILES string of the molecule is C=C[C@](C)(C#N)[C@@H](C)c1ccccc1. The van der Waals surface area contributed by atoms with Crippen LogP contribution >= 0.6 is 0 Å². The maximum Gasteiger partial charge on any atom is 0.0788 e. The molecule has 1 nitrogen and oxygen atoms in total. The lowest BCUT2D eigenvalue weighted by atomic mass is 9.76. The third kappa shape index (κ3) is 1.85. The van der Waals surface area contributed by atoms with Crippen LogP contribution in [0.4, 0.5) is 0 Å². The fourth-order valence-corrected chi connectivity index (χ4v) is 1.41. The van der Waals surface area contributed by atoms with Gasteiger partial charge in [0.25, 0.3) is 0 Å². The van der Waals surface area contributed by atoms with Crippen molar-refractivity contribution in [3.63, 3.8) is 0 Å². The highest BCUT2D eigenvalue weighted by atomic mass is 14.4. The number of nitriles is 1. The standard InChI is InChI=1S/C13H15N/c1-4-13(3,10-14)11(2)12-8-6-5-7-9-12/h4-9,11H,1H2,2-3H3/t11-,13+/m0/s1. The monoisotopic (exact) mass is 185 g/mol. The first-order valence-corrected chi connectivity index (χ1v) is 4.74. The van der Waals surface area contributed by atoms with Crippen LogP contribution in [0, 0.1) is 16.7 Å². The molecule has 0 aliphatic carbocycles. The Morgan fingerprint density at radius 2 is 2.00 bits per heavy atom. The van der Waals surface area contributed by atoms with Crippen LogP contribution in [0.15, 0.2) is 43.0 Å². The van der Waals surface area contributed by atoms with Crippen molar-refractivity contribution in [1.82, 2.24) is 0 Å². The molecule has 0 fully saturated rings. The van der Waals surface area contributed by atoms with Gasteiger partial charge in [-0.3, -0.25) is 0 Å². The van der Waals surface area contributed by atoms with E-state index in [1.807, 2.05) is 37.3 Å². The van der Waals surface area contributed by atoms with Crippen molar-refractivity contribution in [3.05, 3.63) is 48.6 Å². The predicted octanol–water partition coefficient (Wildman–Crippen LogP) is 3.51. The lowest BCUT2D eigenvalue weighted by Crippen LogP contribution is -2.18. The van der Waals surface area contributed by atoms with E-state index in [-0.39, 0.29) is 5.92 Å². The van der Waals surface area contributed by atoms with Crippen LogP contribution in [0.5, 0.6) is 0 Å². The minimum atomic E-state index is -0.485. The highest BCUT2D eigenvalue weighted by molar-refractivity contribution is 5.27. The van der Waals surface area contributed by atoms with Crippen molar-refractivity contribution in [3.8, 4) is 6.07 Å². The first-order chi connectivity index (χ1) is 6.64. The van der Waals surface area contributed by atoms with Crippen LogP contribution in [0.3, 0.4) is 0 Å². The van der Waals surface area contributed by atoms with Gasteiger partial charge in [0.2, 0.25) is 0 Å². The smallest absolute Gasteiger partial charge is 0.0788 e. The van der Waals surface area contributed by atoms with Gasteiger partial charge in [-0.2, -0.15) is 5.26 Å². The summed E-state index contributed by atoms with van der Waals surface area (Å²) in [6, 6.07) is 12.4. The van der Waals surface area contributed by atoms with E-state index >= 15 is 0 Å². The van der Waals surface area contributed by atoms with Gasteiger partial charge in [0.15, 0.2) is 0 Å². The Bertz CT molecular complexity index is 347. The van der Waals surface area contributed by atoms with E-state index in [9.17, 15) is 0 Å². The molecule has 14 heavy (non-hydrogen) atoms. The second kappa shape index (κ2) is 4.11. The molecular formula is C13H15N. The first kappa shape index (κ1) is 10.5. The van der Waals surface area contributed by atoms with Gasteiger partial charge in [-0.25, -0.2) is 0 Å². The summed E-state index contributed by atoms with van der Waals surface area (Å²) >= 11 is 0. The molecule has 1 aromatic rings. The third-order valence-electron chi connectivity index (χ3n) is 2.86. The molecule has 0 spiro atoms. The van der Waals surface area contributed by atoms with E-state index in [0.717, 1.165) is 0 Å². The summed E-state index contributed by atoms with van der Waals surface area (Å²) in [6.45, 7) is 7.70. The zero-order valence-electron chi connectivity index (χ0n) is 8.70. The van der Waals surface area contributed by atoms with Gasteiger partial charge in [-0.1, -0.05) is 43.3 Å². The molecule has 0 radical (unpaired) electrons. The van der Waals surface area contributed by atoms with Gasteiger partial charge in [0.05, 0.1) is 11.5 Å². The molecule has 0 bridgehead atoms. The summed E-state index contributed by atoms with van der Waals surface area (Å²) in [6.07, 6.45) is 1.73. The Balaban J connectivity index is 3.02. The molecule has 72 valence electrons. The summed E-state index contributed by atoms with van der Waals surface area (Å²) in [7, 11) is 0. The Morgan fingerprint density at radius 1 is 1.43 bits per heavy atom. The number of hydrogen-bond donors (Lipinski definition) is 0. The van der Waals surface area contributed by atoms with Crippen molar-refractivity contribution < 1.29 is 0 Å². The van der Waals surface area contributed by atoms with Crippen molar-refractivity contribution in [2.45, 2.75) is 19.8 Å². The molecule has 0 N–H and O–H groups in total. The second-order valence-corrected chi connectivity index (χ2v) is 3.73. The molecular weight excluding hydrogens is 170 g/mol. The molecule has 2 atom stereocenters. The average Bonchev–Trinajstić information content (AvgIpc) is 2.28. The van der Waals surface area contributed by atoms with Gasteiger partial charge in [0, 0.05) is 5.92 Å². The number of nitrogens with zero attached hydrogens (tertiary/aromatic N) is 1. The Hall–Kier alpha value is -1.55. The highest BCUT2D eigenvalue weighted by Gasteiger charge is 2.28. The summed E-state index contributed by atoms with van der Waals surface area (Å²) in [4.78, 5) is 0. The zero-order valence-corrected chi connectivity index (χ0v) is 8.70. The van der Waals surface area contributed by atoms with Gasteiger partial charge in [0.1, 0.15) is 0 Å². The van der Waals surface area contributed by atoms with E-state index < -0.39 is 5.41 Å². The van der Waals surface area contributed by atoms with Crippen molar-refractivity contribution in [2.24, 2.45) is 5.41 Å². The Labute approximate surface area is 85.7 Å². The van der Waals surface area contributed by atoms with Gasteiger partial charge in [-0.05, 0) is 12.5 Å². The topological polar surface area (TPSA) is 23.8 Å². The van der Waals surface area contributed by atoms with Crippen molar-refractivity contribution in [1.29, 1.82) is 5.26 Å². The number of allylic oxidation sites excluding steroid dienone is 1. The Morgan fingerprint density at radius 3 is 2.43 bits per heavy atom. The second-order valence-electron chi connectivity index (χ2n) is 3.73. The molecule has 0 aliphatic rings. The molecule has 0 unspecified atom stereocenters. The molecule has 0 aliphatic heterocycles. The maximum absolute atomic E-state index is 9.10. The fourth-order valence-electron chi connectivity index (χ4n) is 1.41. The van der Waals surface area contributed by atoms with Crippen LogP contribution in [-0.2, 0) is 0 Å². The van der Waals surface area contributed by atoms with E-state index in [0.29, 0.717) is 0 Å². The lowest BCUT2D eigenvalue weighted by molar-refractivity contribution is 0.467. The van der Waals surface area contributed by atoms with Gasteiger partial charge >= 0.3 is 0 Å². The average molecular weight is 185 g/mol. The molecule has 1 heteroatoms. The normalized spacial score (nSPS) is 16.4. The minimum Gasteiger partial charge on any atom is -0.197 e. The minimum absolute atomic E-state index is 0.172. The van der Waals surface area contributed by atoms with Crippen LogP contribution in [-0.4, -0.2) is 0 Å². The quantitative estimate of drug-likeness (QED) is 0.661. The van der Waals surface area contributed by atoms with Crippen LogP contribution in [0.1, 0.15) is 25.3 Å². The molecule has 1 aromatic carbocycles. The van der Waals surface area contributed by atoms with Crippen molar-refractivity contribution >= 4 is 0 Å². The van der Waals surface area contributed by atoms with Crippen LogP contribution in [0.2, 0.25) is 0 Å². The predicted molar refractivity (Wildman–Crippen MR) is 58.8 cm³/mol. The van der Waals surface area contributed by atoms with E-state index in [4.69, 9.17) is 5.26 Å². The first-order valence-electron chi connectivity index (χ1n) is 4.74. The highest BCUT2D eigenvalue weighted by Crippen LogP contribution is 2.35. The summed E-state index contributed by atoms with van der Waals surface area (Å²) < 4.78 is 0. The van der Waals surface area contributed by atoms with E-state index in [1.165, 1.54) is 5.56 Å². The van der Waals surface area contributed by atoms with Crippen LogP contribution in [0.25, 0.3) is 0 Å². The van der Waals surface area contributed by atoms with E-state index in [2.05, 4.69) is 19.6 Å². The molecule has 0 amide bonds. The molecule has 0 saturated heterocycles. The van der Waals surface area contributed by atoms with Crippen molar-refractivity contribution in [2.75, 3.05) is 0 Å². The summed E-state index contributed by atoms with van der Waals surface area (Å²) in [5.41, 5.74) is 0.693. The summed E-state index contributed by atoms with van der Waals surface area (Å²) in [5.74, 6) is 0.172. The maximum atomic E-state index is 9.10. The zero-order chi connectivity index (χ0) is 10.6. The summed E-state index contributed by atoms with van der Waals surface area (Å²) in [5, 5.41) is 9.10. The lowest BCUT2D eigenvalue weighted by Gasteiger charge is -2.25. The molecule has 0 heterocycles. The van der Waals surface area contributed by atoms with Crippen LogP contribution < -0.4 is 0 Å². The number of benzene rings is 1. The Kier molecular flexibility index (Phi) is 3.09.